The molecule has 0 aromatic carbocycles. The molecule has 0 aliphatic heterocycles. The Morgan fingerprint density at radius 1 is 1.75 bits per heavy atom. The van der Waals surface area contributed by atoms with Gasteiger partial charge in [0.15, 0.2) is 0 Å². The Kier molecular flexibility index (Phi) is 5.14. The van der Waals surface area contributed by atoms with E-state index in [1.54, 1.807) is 0 Å². The van der Waals surface area contributed by atoms with Crippen LogP contribution in [0.25, 0.3) is 0 Å². The summed E-state index contributed by atoms with van der Waals surface area (Å²) >= 11 is 0. The number of rotatable bonds is 4. The summed E-state index contributed by atoms with van der Waals surface area (Å²) in [6.07, 6.45) is 2.59. The van der Waals surface area contributed by atoms with Gasteiger partial charge in [0, 0.05) is 26.7 Å². The molecule has 1 atom stereocenters. The van der Waals surface area contributed by atoms with E-state index in [1.165, 1.54) is 5.57 Å². The molecule has 0 fully saturated rings. The van der Waals surface area contributed by atoms with E-state index in [2.05, 4.69) is 18.4 Å². The molecule has 68 valence electrons. The van der Waals surface area contributed by atoms with E-state index in [-0.39, 0.29) is 0 Å². The monoisotopic (exact) mass is 167 g/mol. The first kappa shape index (κ1) is 11.0. The summed E-state index contributed by atoms with van der Waals surface area (Å²) in [7, 11) is 3.79. The Hall–Kier alpha value is -1.01. The Balaban J connectivity index is 4.08. The number of hydrazine groups is 1. The van der Waals surface area contributed by atoms with Crippen LogP contribution in [0.3, 0.4) is 0 Å². The zero-order valence-corrected chi connectivity index (χ0v) is 8.26. The molecular weight excluding hydrogens is 150 g/mol. The molecule has 12 heavy (non-hydrogen) atoms. The van der Waals surface area contributed by atoms with Crippen LogP contribution in [0.4, 0.5) is 0 Å². The third-order valence-electron chi connectivity index (χ3n) is 1.92. The van der Waals surface area contributed by atoms with Gasteiger partial charge in [0.2, 0.25) is 0 Å². The summed E-state index contributed by atoms with van der Waals surface area (Å²) in [6, 6.07) is 2.16. The van der Waals surface area contributed by atoms with Crippen LogP contribution in [0, 0.1) is 17.2 Å². The molecule has 0 saturated heterocycles. The molecule has 0 spiro atoms. The summed E-state index contributed by atoms with van der Waals surface area (Å²) in [5.74, 6) is 0.339. The minimum absolute atomic E-state index is 0.339. The molecule has 0 amide bonds. The van der Waals surface area contributed by atoms with E-state index in [9.17, 15) is 0 Å². The van der Waals surface area contributed by atoms with Crippen molar-refractivity contribution in [3.8, 4) is 6.07 Å². The molecule has 1 N–H and O–H groups in total. The third kappa shape index (κ3) is 3.99. The van der Waals surface area contributed by atoms with E-state index in [4.69, 9.17) is 5.26 Å². The number of allylic oxidation sites excluding steroid dienone is 1. The number of nitrogens with one attached hydrogen (secondary N) is 1. The molecule has 0 saturated carbocycles. The van der Waals surface area contributed by atoms with Gasteiger partial charge < -0.3 is 5.01 Å². The summed E-state index contributed by atoms with van der Waals surface area (Å²) in [4.78, 5) is 0. The van der Waals surface area contributed by atoms with Crippen LogP contribution in [-0.4, -0.2) is 19.1 Å². The molecule has 3 heteroatoms. The average Bonchev–Trinajstić information content (AvgIpc) is 2.04. The fourth-order valence-corrected chi connectivity index (χ4v) is 0.795. The van der Waals surface area contributed by atoms with E-state index in [0.29, 0.717) is 12.3 Å². The van der Waals surface area contributed by atoms with Crippen LogP contribution >= 0.6 is 0 Å². The highest BCUT2D eigenvalue weighted by Gasteiger charge is 2.03. The minimum atomic E-state index is 0.339. The molecule has 0 aromatic heterocycles. The van der Waals surface area contributed by atoms with E-state index < -0.39 is 0 Å². The maximum absolute atomic E-state index is 8.47. The molecule has 0 bridgehead atoms. The number of hydrogen-bond donors (Lipinski definition) is 1. The van der Waals surface area contributed by atoms with Crippen LogP contribution in [-0.2, 0) is 0 Å². The molecule has 0 aliphatic carbocycles. The highest BCUT2D eigenvalue weighted by molar-refractivity contribution is 5.03. The van der Waals surface area contributed by atoms with E-state index >= 15 is 0 Å². The van der Waals surface area contributed by atoms with Gasteiger partial charge in [-0.1, -0.05) is 12.5 Å². The lowest BCUT2D eigenvalue weighted by molar-refractivity contribution is 0.359. The van der Waals surface area contributed by atoms with Crippen molar-refractivity contribution in [2.45, 2.75) is 20.3 Å². The molecule has 0 aliphatic rings. The SMILES string of the molecule is CNN(C)/C=C(\C)C(C)CC#N. The van der Waals surface area contributed by atoms with Gasteiger partial charge >= 0.3 is 0 Å². The van der Waals surface area contributed by atoms with E-state index in [0.717, 1.165) is 0 Å². The fraction of sp³-hybridized carbons (Fsp3) is 0.667. The number of nitrogens with zero attached hydrogens (tertiary/aromatic N) is 2. The van der Waals surface area contributed by atoms with Gasteiger partial charge in [-0.3, -0.25) is 0 Å². The molecule has 0 aromatic rings. The van der Waals surface area contributed by atoms with Crippen molar-refractivity contribution in [2.75, 3.05) is 14.1 Å². The van der Waals surface area contributed by atoms with Crippen molar-refractivity contribution in [3.63, 3.8) is 0 Å². The van der Waals surface area contributed by atoms with E-state index in [1.807, 2.05) is 32.2 Å². The van der Waals surface area contributed by atoms with Crippen molar-refractivity contribution < 1.29 is 0 Å². The molecule has 3 nitrogen and oxygen atoms in total. The quantitative estimate of drug-likeness (QED) is 0.645. The first-order valence-electron chi connectivity index (χ1n) is 4.07. The molecular formula is C9H17N3. The van der Waals surface area contributed by atoms with Crippen LogP contribution in [0.1, 0.15) is 20.3 Å². The standard InChI is InChI=1S/C9H17N3/c1-8(5-6-10)9(2)7-12(4)11-3/h7-8,11H,5H2,1-4H3/b9-7+. The zero-order valence-electron chi connectivity index (χ0n) is 8.26. The van der Waals surface area contributed by atoms with Gasteiger partial charge in [-0.2, -0.15) is 5.26 Å². The van der Waals surface area contributed by atoms with Crippen LogP contribution in [0.2, 0.25) is 0 Å². The predicted molar refractivity (Wildman–Crippen MR) is 50.0 cm³/mol. The second-order valence-electron chi connectivity index (χ2n) is 2.97. The fourth-order valence-electron chi connectivity index (χ4n) is 0.795. The second-order valence-corrected chi connectivity index (χ2v) is 2.97. The average molecular weight is 167 g/mol. The number of hydrogen-bond acceptors (Lipinski definition) is 3. The Labute approximate surface area is 74.6 Å². The summed E-state index contributed by atoms with van der Waals surface area (Å²) in [5, 5.41) is 10.3. The van der Waals surface area contributed by atoms with Crippen molar-refractivity contribution in [3.05, 3.63) is 11.8 Å². The predicted octanol–water partition coefficient (Wildman–Crippen LogP) is 1.51. The lowest BCUT2D eigenvalue weighted by Crippen LogP contribution is -2.25. The second kappa shape index (κ2) is 5.62. The van der Waals surface area contributed by atoms with Crippen LogP contribution in [0.15, 0.2) is 11.8 Å². The van der Waals surface area contributed by atoms with Gasteiger partial charge in [0.25, 0.3) is 0 Å². The topological polar surface area (TPSA) is 39.1 Å². The van der Waals surface area contributed by atoms with Crippen molar-refractivity contribution in [1.29, 1.82) is 5.26 Å². The molecule has 0 rings (SSSR count). The third-order valence-corrected chi connectivity index (χ3v) is 1.92. The van der Waals surface area contributed by atoms with Crippen LogP contribution in [0.5, 0.6) is 0 Å². The van der Waals surface area contributed by atoms with Crippen molar-refractivity contribution in [2.24, 2.45) is 5.92 Å². The largest absolute Gasteiger partial charge is 0.319 e. The summed E-state index contributed by atoms with van der Waals surface area (Å²) in [5.41, 5.74) is 4.18. The first-order chi connectivity index (χ1) is 5.61. The molecule has 1 unspecified atom stereocenters. The molecule has 0 radical (unpaired) electrons. The Morgan fingerprint density at radius 3 is 2.75 bits per heavy atom. The summed E-state index contributed by atoms with van der Waals surface area (Å²) in [6.45, 7) is 4.09. The Bertz CT molecular complexity index is 190. The normalized spacial score (nSPS) is 13.8. The van der Waals surface area contributed by atoms with Gasteiger partial charge in [0.1, 0.15) is 0 Å². The first-order valence-corrected chi connectivity index (χ1v) is 4.07. The molecule has 0 heterocycles. The number of nitriles is 1. The maximum Gasteiger partial charge on any atom is 0.0627 e. The van der Waals surface area contributed by atoms with Gasteiger partial charge in [-0.15, -0.1) is 0 Å². The smallest absolute Gasteiger partial charge is 0.0627 e. The minimum Gasteiger partial charge on any atom is -0.319 e. The lowest BCUT2D eigenvalue weighted by atomic mass is 10.0. The van der Waals surface area contributed by atoms with Crippen molar-refractivity contribution in [1.82, 2.24) is 10.4 Å². The van der Waals surface area contributed by atoms with Gasteiger partial charge in [-0.25, -0.2) is 5.43 Å². The summed E-state index contributed by atoms with van der Waals surface area (Å²) < 4.78 is 0. The maximum atomic E-state index is 8.47. The van der Waals surface area contributed by atoms with Gasteiger partial charge in [-0.05, 0) is 12.8 Å². The van der Waals surface area contributed by atoms with Crippen molar-refractivity contribution >= 4 is 0 Å². The van der Waals surface area contributed by atoms with Crippen LogP contribution < -0.4 is 5.43 Å². The zero-order chi connectivity index (χ0) is 9.56. The highest BCUT2D eigenvalue weighted by atomic mass is 15.5. The van der Waals surface area contributed by atoms with Gasteiger partial charge in [0.05, 0.1) is 6.07 Å². The lowest BCUT2D eigenvalue weighted by Gasteiger charge is -2.15. The highest BCUT2D eigenvalue weighted by Crippen LogP contribution is 2.12. The Morgan fingerprint density at radius 2 is 2.33 bits per heavy atom.